The van der Waals surface area contributed by atoms with Crippen molar-refractivity contribution in [3.63, 3.8) is 0 Å². The van der Waals surface area contributed by atoms with Crippen molar-refractivity contribution in [3.05, 3.63) is 114 Å². The number of aliphatic carboxylic acids is 1. The van der Waals surface area contributed by atoms with Gasteiger partial charge in [0.15, 0.2) is 0 Å². The fraction of sp³-hybridized carbons (Fsp3) is 0.167. The SMILES string of the molecule is CCCCc1ccc(-c2ccc(-c3ccc(OC(C(=O)O)c4ccccc4)cc3)cc2)cc1. The van der Waals surface area contributed by atoms with Gasteiger partial charge in [0.25, 0.3) is 0 Å². The first-order valence-electron chi connectivity index (χ1n) is 11.4. The highest BCUT2D eigenvalue weighted by molar-refractivity contribution is 5.75. The zero-order chi connectivity index (χ0) is 23.0. The summed E-state index contributed by atoms with van der Waals surface area (Å²) in [6.45, 7) is 2.22. The van der Waals surface area contributed by atoms with Gasteiger partial charge in [-0.1, -0.05) is 104 Å². The monoisotopic (exact) mass is 436 g/mol. The van der Waals surface area contributed by atoms with Crippen LogP contribution in [0.2, 0.25) is 0 Å². The molecule has 0 radical (unpaired) electrons. The predicted octanol–water partition coefficient (Wildman–Crippen LogP) is 7.57. The summed E-state index contributed by atoms with van der Waals surface area (Å²) >= 11 is 0. The van der Waals surface area contributed by atoms with Gasteiger partial charge in [-0.2, -0.15) is 0 Å². The minimum absolute atomic E-state index is 0.523. The average Bonchev–Trinajstić information content (AvgIpc) is 2.87. The van der Waals surface area contributed by atoms with Crippen LogP contribution in [0, 0.1) is 0 Å². The number of hydrogen-bond donors (Lipinski definition) is 1. The molecule has 166 valence electrons. The zero-order valence-corrected chi connectivity index (χ0v) is 18.8. The Balaban J connectivity index is 1.45. The zero-order valence-electron chi connectivity index (χ0n) is 18.8. The maximum atomic E-state index is 11.7. The molecule has 0 aliphatic rings. The van der Waals surface area contributed by atoms with Gasteiger partial charge in [-0.15, -0.1) is 0 Å². The third-order valence-electron chi connectivity index (χ3n) is 5.76. The largest absolute Gasteiger partial charge is 0.478 e. The van der Waals surface area contributed by atoms with E-state index in [1.165, 1.54) is 29.5 Å². The van der Waals surface area contributed by atoms with Crippen LogP contribution in [0.3, 0.4) is 0 Å². The molecule has 1 unspecified atom stereocenters. The van der Waals surface area contributed by atoms with Gasteiger partial charge in [0.2, 0.25) is 6.10 Å². The van der Waals surface area contributed by atoms with Gasteiger partial charge in [-0.25, -0.2) is 4.79 Å². The van der Waals surface area contributed by atoms with Crippen LogP contribution in [0.4, 0.5) is 0 Å². The maximum absolute atomic E-state index is 11.7. The molecule has 0 aromatic heterocycles. The molecular formula is C30H28O3. The molecular weight excluding hydrogens is 408 g/mol. The number of unbranched alkanes of at least 4 members (excludes halogenated alkanes) is 1. The summed E-state index contributed by atoms with van der Waals surface area (Å²) in [6.07, 6.45) is 2.53. The molecule has 0 saturated heterocycles. The first kappa shape index (κ1) is 22.3. The van der Waals surface area contributed by atoms with Gasteiger partial charge in [0.05, 0.1) is 0 Å². The molecule has 0 amide bonds. The van der Waals surface area contributed by atoms with Crippen LogP contribution in [0.5, 0.6) is 5.75 Å². The second kappa shape index (κ2) is 10.6. The summed E-state index contributed by atoms with van der Waals surface area (Å²) in [4.78, 5) is 11.7. The topological polar surface area (TPSA) is 46.5 Å². The van der Waals surface area contributed by atoms with Crippen LogP contribution < -0.4 is 4.74 Å². The molecule has 3 heteroatoms. The lowest BCUT2D eigenvalue weighted by molar-refractivity contribution is -0.145. The summed E-state index contributed by atoms with van der Waals surface area (Å²) in [5, 5.41) is 9.57. The second-order valence-electron chi connectivity index (χ2n) is 8.15. The summed E-state index contributed by atoms with van der Waals surface area (Å²) in [5.74, 6) is -0.492. The quantitative estimate of drug-likeness (QED) is 0.294. The molecule has 1 atom stereocenters. The van der Waals surface area contributed by atoms with E-state index < -0.39 is 12.1 Å². The molecule has 33 heavy (non-hydrogen) atoms. The van der Waals surface area contributed by atoms with E-state index in [1.54, 1.807) is 12.1 Å². The summed E-state index contributed by atoms with van der Waals surface area (Å²) in [5.41, 5.74) is 6.55. The second-order valence-corrected chi connectivity index (χ2v) is 8.15. The van der Waals surface area contributed by atoms with Gasteiger partial charge in [0.1, 0.15) is 5.75 Å². The number of rotatable bonds is 9. The van der Waals surface area contributed by atoms with Crippen molar-refractivity contribution < 1.29 is 14.6 Å². The lowest BCUT2D eigenvalue weighted by atomic mass is 9.99. The van der Waals surface area contributed by atoms with E-state index in [0.29, 0.717) is 11.3 Å². The molecule has 0 fully saturated rings. The fourth-order valence-electron chi connectivity index (χ4n) is 3.85. The minimum atomic E-state index is -1.04. The molecule has 4 rings (SSSR count). The Morgan fingerprint density at radius 3 is 1.70 bits per heavy atom. The van der Waals surface area contributed by atoms with Gasteiger partial charge < -0.3 is 9.84 Å². The molecule has 0 bridgehead atoms. The van der Waals surface area contributed by atoms with E-state index in [9.17, 15) is 9.90 Å². The van der Waals surface area contributed by atoms with Crippen LogP contribution in [0.1, 0.15) is 37.0 Å². The number of benzene rings is 4. The Kier molecular flexibility index (Phi) is 7.21. The number of carboxylic acid groups (broad SMARTS) is 1. The minimum Gasteiger partial charge on any atom is -0.478 e. The highest BCUT2D eigenvalue weighted by Crippen LogP contribution is 2.28. The van der Waals surface area contributed by atoms with Crippen LogP contribution >= 0.6 is 0 Å². The van der Waals surface area contributed by atoms with Crippen molar-refractivity contribution in [2.75, 3.05) is 0 Å². The lowest BCUT2D eigenvalue weighted by Crippen LogP contribution is -2.18. The Bertz CT molecular complexity index is 1160. The number of carboxylic acids is 1. The van der Waals surface area contributed by atoms with Crippen molar-refractivity contribution >= 4 is 5.97 Å². The smallest absolute Gasteiger partial charge is 0.349 e. The van der Waals surface area contributed by atoms with Crippen molar-refractivity contribution in [1.29, 1.82) is 0 Å². The molecule has 4 aromatic carbocycles. The maximum Gasteiger partial charge on any atom is 0.349 e. The Labute approximate surface area is 195 Å². The first-order chi connectivity index (χ1) is 16.1. The van der Waals surface area contributed by atoms with Crippen molar-refractivity contribution in [1.82, 2.24) is 0 Å². The van der Waals surface area contributed by atoms with E-state index in [-0.39, 0.29) is 0 Å². The van der Waals surface area contributed by atoms with Crippen LogP contribution in [0.15, 0.2) is 103 Å². The van der Waals surface area contributed by atoms with Crippen molar-refractivity contribution in [2.24, 2.45) is 0 Å². The van der Waals surface area contributed by atoms with E-state index in [1.807, 2.05) is 42.5 Å². The summed E-state index contributed by atoms with van der Waals surface area (Å²) in [6, 6.07) is 33.8. The van der Waals surface area contributed by atoms with Crippen LogP contribution in [0.25, 0.3) is 22.3 Å². The standard InChI is InChI=1S/C30H28O3/c1-2-3-7-22-10-12-23(13-11-22)24-14-16-25(17-15-24)26-18-20-28(21-19-26)33-29(30(31)32)27-8-5-4-6-9-27/h4-6,8-21,29H,2-3,7H2,1H3,(H,31,32). The molecule has 0 aliphatic heterocycles. The highest BCUT2D eigenvalue weighted by Gasteiger charge is 2.21. The number of aryl methyl sites for hydroxylation is 1. The van der Waals surface area contributed by atoms with E-state index in [0.717, 1.165) is 17.5 Å². The normalized spacial score (nSPS) is 11.7. The number of ether oxygens (including phenoxy) is 1. The van der Waals surface area contributed by atoms with Gasteiger partial charge in [-0.3, -0.25) is 0 Å². The number of carbonyl (C=O) groups is 1. The van der Waals surface area contributed by atoms with E-state index in [2.05, 4.69) is 55.5 Å². The Morgan fingerprint density at radius 2 is 1.21 bits per heavy atom. The van der Waals surface area contributed by atoms with Crippen molar-refractivity contribution in [3.8, 4) is 28.0 Å². The van der Waals surface area contributed by atoms with Gasteiger partial charge in [0, 0.05) is 5.56 Å². The van der Waals surface area contributed by atoms with Gasteiger partial charge in [-0.05, 0) is 52.8 Å². The molecule has 1 N–H and O–H groups in total. The van der Waals surface area contributed by atoms with Crippen molar-refractivity contribution in [2.45, 2.75) is 32.3 Å². The number of hydrogen-bond acceptors (Lipinski definition) is 2. The van der Waals surface area contributed by atoms with E-state index >= 15 is 0 Å². The average molecular weight is 437 g/mol. The Morgan fingerprint density at radius 1 is 0.727 bits per heavy atom. The molecule has 4 aromatic rings. The molecule has 0 aliphatic carbocycles. The molecule has 0 spiro atoms. The Hall–Kier alpha value is -3.85. The van der Waals surface area contributed by atoms with Crippen LogP contribution in [-0.2, 0) is 11.2 Å². The lowest BCUT2D eigenvalue weighted by Gasteiger charge is -2.15. The van der Waals surface area contributed by atoms with Gasteiger partial charge >= 0.3 is 5.97 Å². The van der Waals surface area contributed by atoms with Crippen LogP contribution in [-0.4, -0.2) is 11.1 Å². The predicted molar refractivity (Wildman–Crippen MR) is 133 cm³/mol. The third kappa shape index (κ3) is 5.69. The third-order valence-corrected chi connectivity index (χ3v) is 5.76. The van der Waals surface area contributed by atoms with E-state index in [4.69, 9.17) is 4.74 Å². The summed E-state index contributed by atoms with van der Waals surface area (Å²) in [7, 11) is 0. The summed E-state index contributed by atoms with van der Waals surface area (Å²) < 4.78 is 5.76. The molecule has 0 saturated carbocycles. The molecule has 3 nitrogen and oxygen atoms in total. The fourth-order valence-corrected chi connectivity index (χ4v) is 3.85. The first-order valence-corrected chi connectivity index (χ1v) is 11.4. The highest BCUT2D eigenvalue weighted by atomic mass is 16.5. The molecule has 0 heterocycles.